The minimum absolute atomic E-state index is 0.151. The Morgan fingerprint density at radius 2 is 1.75 bits per heavy atom. The van der Waals surface area contributed by atoms with Crippen molar-refractivity contribution < 1.29 is 23.8 Å². The lowest BCUT2D eigenvalue weighted by atomic mass is 9.64. The van der Waals surface area contributed by atoms with E-state index in [1.54, 1.807) is 0 Å². The molecular formula is C42H56N4O5. The predicted octanol–water partition coefficient (Wildman–Crippen LogP) is 6.13. The van der Waals surface area contributed by atoms with Crippen LogP contribution in [0.1, 0.15) is 92.9 Å². The molecule has 0 saturated carbocycles. The van der Waals surface area contributed by atoms with Crippen LogP contribution in [0.25, 0.3) is 12.2 Å². The minimum Gasteiger partial charge on any atom is -0.469 e. The van der Waals surface area contributed by atoms with Gasteiger partial charge in [0.2, 0.25) is 0 Å². The largest absolute Gasteiger partial charge is 0.469 e. The van der Waals surface area contributed by atoms with Gasteiger partial charge in [0.1, 0.15) is 0 Å². The molecule has 274 valence electrons. The molecule has 9 nitrogen and oxygen atoms in total. The summed E-state index contributed by atoms with van der Waals surface area (Å²) in [4.78, 5) is 39.6. The number of methoxy groups -OCH3 is 2. The zero-order chi connectivity index (χ0) is 37.0. The zero-order valence-electron chi connectivity index (χ0n) is 31.8. The van der Waals surface area contributed by atoms with Gasteiger partial charge in [-0.05, 0) is 112 Å². The fourth-order valence-corrected chi connectivity index (χ4v) is 8.76. The summed E-state index contributed by atoms with van der Waals surface area (Å²) in [5.41, 5.74) is 4.39. The molecule has 5 atom stereocenters. The van der Waals surface area contributed by atoms with E-state index >= 15 is 0 Å². The van der Waals surface area contributed by atoms with Gasteiger partial charge in [-0.2, -0.15) is 0 Å². The van der Waals surface area contributed by atoms with Gasteiger partial charge >= 0.3 is 11.9 Å². The summed E-state index contributed by atoms with van der Waals surface area (Å²) >= 11 is 0. The molecule has 0 fully saturated rings. The summed E-state index contributed by atoms with van der Waals surface area (Å²) < 4.78 is 16.9. The maximum Gasteiger partial charge on any atom is 0.305 e. The molecule has 5 unspecified atom stereocenters. The van der Waals surface area contributed by atoms with E-state index in [0.29, 0.717) is 19.4 Å². The van der Waals surface area contributed by atoms with Crippen molar-refractivity contribution in [1.29, 1.82) is 0 Å². The summed E-state index contributed by atoms with van der Waals surface area (Å²) in [7, 11) is 2.82. The van der Waals surface area contributed by atoms with E-state index in [9.17, 15) is 9.59 Å². The fourth-order valence-electron chi connectivity index (χ4n) is 8.76. The molecule has 51 heavy (non-hydrogen) atoms. The first-order valence-corrected chi connectivity index (χ1v) is 18.4. The number of rotatable bonds is 14. The van der Waals surface area contributed by atoms with E-state index in [-0.39, 0.29) is 36.8 Å². The van der Waals surface area contributed by atoms with Crippen LogP contribution in [0.5, 0.6) is 0 Å². The molecule has 0 amide bonds. The van der Waals surface area contributed by atoms with Crippen LogP contribution in [-0.4, -0.2) is 71.9 Å². The molecule has 0 aromatic carbocycles. The van der Waals surface area contributed by atoms with Crippen molar-refractivity contribution in [3.8, 4) is 0 Å². The summed E-state index contributed by atoms with van der Waals surface area (Å²) in [5.74, 6) is -0.882. The van der Waals surface area contributed by atoms with E-state index in [0.717, 1.165) is 63.0 Å². The number of aromatic amines is 1. The SMILES string of the molecule is C=CC12NC(C)(C=C3C=CC(=N3)C=c3ccc([nH]3)=CC3=NC(CCC(=O)OC)(C(CCC(=O)OC)=C3C)C1C)C(C(C)OCCCCCC)=C2C. The number of nitrogens with zero attached hydrogens (tertiary/aromatic N) is 2. The Morgan fingerprint density at radius 1 is 1.04 bits per heavy atom. The van der Waals surface area contributed by atoms with Gasteiger partial charge in [-0.25, -0.2) is 4.99 Å². The van der Waals surface area contributed by atoms with Crippen LogP contribution >= 0.6 is 0 Å². The highest BCUT2D eigenvalue weighted by Crippen LogP contribution is 2.54. The quantitative estimate of drug-likeness (QED) is 0.138. The van der Waals surface area contributed by atoms with Gasteiger partial charge in [-0.1, -0.05) is 39.2 Å². The van der Waals surface area contributed by atoms with Gasteiger partial charge < -0.3 is 19.2 Å². The van der Waals surface area contributed by atoms with Crippen molar-refractivity contribution in [3.63, 3.8) is 0 Å². The lowest BCUT2D eigenvalue weighted by Gasteiger charge is -2.47. The lowest BCUT2D eigenvalue weighted by Crippen LogP contribution is -2.59. The maximum absolute atomic E-state index is 12.9. The van der Waals surface area contributed by atoms with Crippen LogP contribution in [0.4, 0.5) is 0 Å². The van der Waals surface area contributed by atoms with Crippen LogP contribution in [0.15, 0.2) is 81.0 Å². The number of carbonyl (C=O) groups is 2. The molecule has 2 N–H and O–H groups in total. The third-order valence-corrected chi connectivity index (χ3v) is 11.4. The second-order valence-electron chi connectivity index (χ2n) is 14.5. The molecule has 0 spiro atoms. The summed E-state index contributed by atoms with van der Waals surface area (Å²) in [6.07, 6.45) is 17.8. The van der Waals surface area contributed by atoms with Crippen LogP contribution in [-0.2, 0) is 23.8 Å². The van der Waals surface area contributed by atoms with Crippen molar-refractivity contribution in [2.45, 2.75) is 116 Å². The van der Waals surface area contributed by atoms with Crippen LogP contribution in [0.2, 0.25) is 0 Å². The average Bonchev–Trinajstić information content (AvgIpc) is 3.86. The van der Waals surface area contributed by atoms with Crippen molar-refractivity contribution in [2.75, 3.05) is 20.8 Å². The third kappa shape index (κ3) is 7.47. The highest BCUT2D eigenvalue weighted by atomic mass is 16.5. The molecule has 5 rings (SSSR count). The Labute approximate surface area is 303 Å². The molecular weight excluding hydrogens is 640 g/mol. The van der Waals surface area contributed by atoms with Crippen LogP contribution in [0, 0.1) is 5.92 Å². The number of aromatic nitrogens is 1. The first kappa shape index (κ1) is 38.2. The first-order valence-electron chi connectivity index (χ1n) is 18.4. The van der Waals surface area contributed by atoms with Crippen LogP contribution < -0.4 is 16.0 Å². The topological polar surface area (TPSA) is 114 Å². The fraction of sp³-hybridized carbons (Fsp3) is 0.524. The number of aliphatic imine (C=N–C) groups is 2. The number of esters is 2. The summed E-state index contributed by atoms with van der Waals surface area (Å²) in [5, 5.41) is 5.89. The number of ether oxygens (including phenoxy) is 3. The number of allylic oxidation sites excluding steroid dienone is 3. The number of fused-ring (bicyclic) bond motifs is 6. The molecule has 1 aromatic heterocycles. The van der Waals surface area contributed by atoms with E-state index in [1.165, 1.54) is 27.1 Å². The molecule has 4 aliphatic rings. The number of H-pyrrole nitrogens is 1. The highest BCUT2D eigenvalue weighted by molar-refractivity contribution is 6.22. The van der Waals surface area contributed by atoms with Gasteiger partial charge in [0.15, 0.2) is 0 Å². The molecule has 4 aliphatic heterocycles. The second-order valence-corrected chi connectivity index (χ2v) is 14.5. The molecule has 5 heterocycles. The monoisotopic (exact) mass is 696 g/mol. The average molecular weight is 697 g/mol. The van der Waals surface area contributed by atoms with Gasteiger partial charge in [0.25, 0.3) is 0 Å². The van der Waals surface area contributed by atoms with E-state index in [1.807, 2.05) is 30.4 Å². The van der Waals surface area contributed by atoms with E-state index < -0.39 is 16.6 Å². The summed E-state index contributed by atoms with van der Waals surface area (Å²) in [6.45, 7) is 18.1. The predicted molar refractivity (Wildman–Crippen MR) is 205 cm³/mol. The molecule has 9 heteroatoms. The molecule has 0 radical (unpaired) electrons. The standard InChI is InChI=1S/C42H56N4O5/c1-10-12-13-14-23-51-29(5)39-28(4)41(11-2)30(6)42(22-21-38(48)50-9)35(19-20-37(47)49-8)27(3)36(45-42)25-33-16-15-31(43-33)24-32-17-18-34(44-32)26-40(39,7)46-41/h11,15-18,24-26,29-30,43,46H,2,10,12-14,19-23H2,1,3-9H3. The summed E-state index contributed by atoms with van der Waals surface area (Å²) in [6, 6.07) is 4.06. The minimum atomic E-state index is -0.897. The Bertz CT molecular complexity index is 1860. The second kappa shape index (κ2) is 15.7. The van der Waals surface area contributed by atoms with Crippen molar-refractivity contribution in [3.05, 3.63) is 81.7 Å². The van der Waals surface area contributed by atoms with Crippen molar-refractivity contribution in [1.82, 2.24) is 10.3 Å². The Balaban J connectivity index is 1.77. The molecule has 1 aromatic rings. The van der Waals surface area contributed by atoms with Crippen molar-refractivity contribution in [2.24, 2.45) is 15.9 Å². The molecule has 0 aliphatic carbocycles. The van der Waals surface area contributed by atoms with Gasteiger partial charge in [0.05, 0.1) is 54.1 Å². The Kier molecular flexibility index (Phi) is 11.7. The maximum atomic E-state index is 12.9. The van der Waals surface area contributed by atoms with Gasteiger partial charge in [-0.3, -0.25) is 19.9 Å². The normalized spacial score (nSPS) is 27.4. The van der Waals surface area contributed by atoms with E-state index in [2.05, 4.69) is 76.7 Å². The lowest BCUT2D eigenvalue weighted by molar-refractivity contribution is -0.142. The Morgan fingerprint density at radius 3 is 2.43 bits per heavy atom. The number of nitrogens with one attached hydrogen (secondary N) is 2. The third-order valence-electron chi connectivity index (χ3n) is 11.4. The highest BCUT2D eigenvalue weighted by Gasteiger charge is 2.58. The number of unbranched alkanes of at least 4 members (excludes halogenated alkanes) is 3. The molecule has 0 saturated heterocycles. The van der Waals surface area contributed by atoms with Gasteiger partial charge in [-0.15, -0.1) is 6.58 Å². The zero-order valence-corrected chi connectivity index (χ0v) is 31.8. The molecule has 8 bridgehead atoms. The van der Waals surface area contributed by atoms with Gasteiger partial charge in [0, 0.05) is 36.1 Å². The van der Waals surface area contributed by atoms with Crippen LogP contribution in [0.3, 0.4) is 0 Å². The first-order chi connectivity index (χ1) is 24.4. The number of carbonyl (C=O) groups excluding carboxylic acids is 2. The smallest absolute Gasteiger partial charge is 0.305 e. The van der Waals surface area contributed by atoms with E-state index in [4.69, 9.17) is 24.2 Å². The Hall–Kier alpha value is -4.08. The number of hydrogen-bond acceptors (Lipinski definition) is 8. The van der Waals surface area contributed by atoms with Crippen molar-refractivity contribution >= 4 is 35.5 Å². The number of hydrogen-bond donors (Lipinski definition) is 2.